The lowest BCUT2D eigenvalue weighted by Crippen LogP contribution is -2.06. The van der Waals surface area contributed by atoms with Crippen LogP contribution in [0.25, 0.3) is 0 Å². The fourth-order valence-corrected chi connectivity index (χ4v) is 2.90. The highest BCUT2D eigenvalue weighted by Crippen LogP contribution is 2.82. The summed E-state index contributed by atoms with van der Waals surface area (Å²) in [7, 11) is 0. The van der Waals surface area contributed by atoms with Crippen molar-refractivity contribution >= 4 is 0 Å². The fourth-order valence-electron chi connectivity index (χ4n) is 2.90. The molecule has 2 aliphatic carbocycles. The van der Waals surface area contributed by atoms with Crippen molar-refractivity contribution in [2.45, 2.75) is 40.0 Å². The molecule has 0 aromatic carbocycles. The minimum atomic E-state index is 0.856. The maximum atomic E-state index is 2.47. The average molecular weight is 138 g/mol. The lowest BCUT2D eigenvalue weighted by molar-refractivity contribution is 0.347. The van der Waals surface area contributed by atoms with E-state index >= 15 is 0 Å². The zero-order chi connectivity index (χ0) is 7.35. The molecule has 0 amide bonds. The van der Waals surface area contributed by atoms with Crippen LogP contribution in [0.2, 0.25) is 0 Å². The summed E-state index contributed by atoms with van der Waals surface area (Å²) in [6, 6.07) is 0. The summed E-state index contributed by atoms with van der Waals surface area (Å²) >= 11 is 0. The molecular formula is C10H18. The highest BCUT2D eigenvalue weighted by molar-refractivity contribution is 5.23. The molecule has 0 spiro atoms. The van der Waals surface area contributed by atoms with Gasteiger partial charge in [0, 0.05) is 0 Å². The Morgan fingerprint density at radius 1 is 1.60 bits per heavy atom. The van der Waals surface area contributed by atoms with Crippen LogP contribution in [-0.4, -0.2) is 0 Å². The van der Waals surface area contributed by atoms with E-state index in [9.17, 15) is 0 Å². The number of rotatable bonds is 3. The van der Waals surface area contributed by atoms with E-state index in [0.717, 1.165) is 23.2 Å². The lowest BCUT2D eigenvalue weighted by Gasteiger charge is -2.15. The monoisotopic (exact) mass is 138 g/mol. The predicted molar refractivity (Wildman–Crippen MR) is 43.8 cm³/mol. The third kappa shape index (κ3) is 0.681. The smallest absolute Gasteiger partial charge is 0.0258 e. The van der Waals surface area contributed by atoms with Crippen molar-refractivity contribution in [2.24, 2.45) is 23.2 Å². The Kier molecular flexibility index (Phi) is 1.19. The molecule has 0 radical (unpaired) electrons. The largest absolute Gasteiger partial charge is 0.0654 e. The Hall–Kier alpha value is 0. The molecule has 4 unspecified atom stereocenters. The van der Waals surface area contributed by atoms with Gasteiger partial charge >= 0.3 is 0 Å². The molecule has 0 aromatic heterocycles. The van der Waals surface area contributed by atoms with Crippen LogP contribution in [0.15, 0.2) is 0 Å². The molecule has 0 saturated heterocycles. The van der Waals surface area contributed by atoms with Crippen molar-refractivity contribution < 1.29 is 0 Å². The first-order chi connectivity index (χ1) is 4.70. The first-order valence-electron chi connectivity index (χ1n) is 4.70. The maximum absolute atomic E-state index is 2.47. The third-order valence-electron chi connectivity index (χ3n) is 3.79. The van der Waals surface area contributed by atoms with E-state index in [1.54, 1.807) is 6.42 Å². The molecule has 0 heteroatoms. The van der Waals surface area contributed by atoms with Gasteiger partial charge in [0.25, 0.3) is 0 Å². The molecular weight excluding hydrogens is 120 g/mol. The average Bonchev–Trinajstić information content (AvgIpc) is 2.56. The van der Waals surface area contributed by atoms with E-state index in [4.69, 9.17) is 0 Å². The summed E-state index contributed by atoms with van der Waals surface area (Å²) in [5.74, 6) is 3.32. The standard InChI is InChI=1S/C10H18/c1-4-5-7(2)9-8-6-10(8,9)3/h7-9H,4-6H2,1-3H3. The Morgan fingerprint density at radius 3 is 2.50 bits per heavy atom. The zero-order valence-electron chi connectivity index (χ0n) is 7.35. The highest BCUT2D eigenvalue weighted by atomic mass is 14.8. The summed E-state index contributed by atoms with van der Waals surface area (Å²) in [6.45, 7) is 7.20. The van der Waals surface area contributed by atoms with Gasteiger partial charge in [-0.2, -0.15) is 0 Å². The van der Waals surface area contributed by atoms with E-state index in [1.807, 2.05) is 0 Å². The second-order valence-corrected chi connectivity index (χ2v) is 4.61. The van der Waals surface area contributed by atoms with Crippen LogP contribution in [0.4, 0.5) is 0 Å². The van der Waals surface area contributed by atoms with Crippen molar-refractivity contribution in [3.63, 3.8) is 0 Å². The molecule has 2 fully saturated rings. The summed E-state index contributed by atoms with van der Waals surface area (Å²) in [6.07, 6.45) is 4.38. The van der Waals surface area contributed by atoms with Gasteiger partial charge in [-0.15, -0.1) is 0 Å². The van der Waals surface area contributed by atoms with Gasteiger partial charge in [0.1, 0.15) is 0 Å². The van der Waals surface area contributed by atoms with E-state index in [2.05, 4.69) is 20.8 Å². The minimum absolute atomic E-state index is 0.856. The molecule has 0 N–H and O–H groups in total. The second-order valence-electron chi connectivity index (χ2n) is 4.61. The van der Waals surface area contributed by atoms with Crippen molar-refractivity contribution in [2.75, 3.05) is 0 Å². The molecule has 0 aliphatic heterocycles. The van der Waals surface area contributed by atoms with E-state index in [-0.39, 0.29) is 0 Å². The van der Waals surface area contributed by atoms with Gasteiger partial charge in [-0.1, -0.05) is 33.6 Å². The molecule has 0 nitrogen and oxygen atoms in total. The normalized spacial score (nSPS) is 51.9. The summed E-state index contributed by atoms with van der Waals surface area (Å²) in [5.41, 5.74) is 0.856. The Labute approximate surface area is 64.0 Å². The van der Waals surface area contributed by atoms with E-state index in [1.165, 1.54) is 12.8 Å². The van der Waals surface area contributed by atoms with Crippen molar-refractivity contribution in [1.29, 1.82) is 0 Å². The van der Waals surface area contributed by atoms with Crippen LogP contribution in [0.1, 0.15) is 40.0 Å². The number of hydrogen-bond acceptors (Lipinski definition) is 0. The third-order valence-corrected chi connectivity index (χ3v) is 3.79. The zero-order valence-corrected chi connectivity index (χ0v) is 7.35. The molecule has 2 aliphatic rings. The van der Waals surface area contributed by atoms with Gasteiger partial charge in [0.05, 0.1) is 0 Å². The van der Waals surface area contributed by atoms with Crippen LogP contribution in [0.3, 0.4) is 0 Å². The van der Waals surface area contributed by atoms with Gasteiger partial charge in [0.2, 0.25) is 0 Å². The Morgan fingerprint density at radius 2 is 2.20 bits per heavy atom. The van der Waals surface area contributed by atoms with Crippen LogP contribution >= 0.6 is 0 Å². The van der Waals surface area contributed by atoms with Crippen LogP contribution in [0.5, 0.6) is 0 Å². The van der Waals surface area contributed by atoms with Crippen molar-refractivity contribution in [3.8, 4) is 0 Å². The molecule has 0 aromatic rings. The number of hydrogen-bond donors (Lipinski definition) is 0. The SMILES string of the molecule is CCCC(C)C1C2CC21C. The van der Waals surface area contributed by atoms with Crippen LogP contribution in [-0.2, 0) is 0 Å². The van der Waals surface area contributed by atoms with Crippen molar-refractivity contribution in [3.05, 3.63) is 0 Å². The van der Waals surface area contributed by atoms with Gasteiger partial charge in [-0.25, -0.2) is 0 Å². The Bertz CT molecular complexity index is 150. The molecule has 2 saturated carbocycles. The first kappa shape index (κ1) is 6.69. The van der Waals surface area contributed by atoms with Crippen LogP contribution in [0, 0.1) is 23.2 Å². The fraction of sp³-hybridized carbons (Fsp3) is 1.00. The second kappa shape index (κ2) is 1.78. The van der Waals surface area contributed by atoms with Gasteiger partial charge < -0.3 is 0 Å². The summed E-state index contributed by atoms with van der Waals surface area (Å²) < 4.78 is 0. The van der Waals surface area contributed by atoms with E-state index in [0.29, 0.717) is 0 Å². The minimum Gasteiger partial charge on any atom is -0.0654 e. The van der Waals surface area contributed by atoms with E-state index < -0.39 is 0 Å². The molecule has 58 valence electrons. The lowest BCUT2D eigenvalue weighted by atomic mass is 9.90. The van der Waals surface area contributed by atoms with Gasteiger partial charge in [-0.3, -0.25) is 0 Å². The van der Waals surface area contributed by atoms with Crippen LogP contribution < -0.4 is 0 Å². The summed E-state index contributed by atoms with van der Waals surface area (Å²) in [4.78, 5) is 0. The van der Waals surface area contributed by atoms with Gasteiger partial charge in [0.15, 0.2) is 0 Å². The topological polar surface area (TPSA) is 0 Å². The molecule has 2 rings (SSSR count). The quantitative estimate of drug-likeness (QED) is 0.562. The van der Waals surface area contributed by atoms with Crippen molar-refractivity contribution in [1.82, 2.24) is 0 Å². The summed E-state index contributed by atoms with van der Waals surface area (Å²) in [5, 5.41) is 0. The first-order valence-corrected chi connectivity index (χ1v) is 4.70. The Balaban J connectivity index is 1.81. The molecule has 0 heterocycles. The molecule has 10 heavy (non-hydrogen) atoms. The van der Waals surface area contributed by atoms with Gasteiger partial charge in [-0.05, 0) is 29.6 Å². The maximum Gasteiger partial charge on any atom is -0.0258 e. The molecule has 4 atom stereocenters. The number of fused-ring (bicyclic) bond motifs is 1. The predicted octanol–water partition coefficient (Wildman–Crippen LogP) is 3.08. The highest BCUT2D eigenvalue weighted by Gasteiger charge is 2.75. The molecule has 0 bridgehead atoms.